The van der Waals surface area contributed by atoms with Crippen LogP contribution in [0.4, 0.5) is 0 Å². The van der Waals surface area contributed by atoms with Gasteiger partial charge < -0.3 is 19.5 Å². The first-order chi connectivity index (χ1) is 21.5. The number of nitrogens with one attached hydrogen (secondary N) is 1. The van der Waals surface area contributed by atoms with Crippen LogP contribution >= 0.6 is 31.9 Å². The van der Waals surface area contributed by atoms with Crippen LogP contribution < -0.4 is 5.46 Å². The first-order valence-corrected chi connectivity index (χ1v) is 14.8. The molecule has 0 atom stereocenters. The number of carbonyl (C=O) groups is 2. The summed E-state index contributed by atoms with van der Waals surface area (Å²) in [6.07, 6.45) is 3.29. The van der Waals surface area contributed by atoms with E-state index in [9.17, 15) is 9.59 Å². The fourth-order valence-corrected chi connectivity index (χ4v) is 5.46. The molecule has 6 aromatic rings. The van der Waals surface area contributed by atoms with Gasteiger partial charge in [0, 0.05) is 21.3 Å². The van der Waals surface area contributed by atoms with E-state index < -0.39 is 19.1 Å². The Hall–Kier alpha value is -4.44. The lowest BCUT2D eigenvalue weighted by atomic mass is 9.80. The minimum Gasteiger partial charge on any atom is -0.464 e. The maximum atomic E-state index is 11.9. The van der Waals surface area contributed by atoms with E-state index in [4.69, 9.17) is 14.8 Å². The van der Waals surface area contributed by atoms with Gasteiger partial charge in [0.2, 0.25) is 0 Å². The second-order valence-electron chi connectivity index (χ2n) is 9.51. The number of hydrogen-bond donors (Lipinski definition) is 3. The van der Waals surface area contributed by atoms with Crippen molar-refractivity contribution in [3.8, 4) is 5.69 Å². The van der Waals surface area contributed by atoms with Crippen LogP contribution in [0, 0.1) is 13.8 Å². The summed E-state index contributed by atoms with van der Waals surface area (Å²) in [6, 6.07) is 18.3. The fraction of sp³-hybridized carbons (Fsp3) is 0.161. The topological polar surface area (TPSA) is 165 Å². The van der Waals surface area contributed by atoms with E-state index in [1.165, 1.54) is 14.2 Å². The highest BCUT2D eigenvalue weighted by Crippen LogP contribution is 2.24. The van der Waals surface area contributed by atoms with Crippen LogP contribution in [0.25, 0.3) is 27.8 Å². The third-order valence-electron chi connectivity index (χ3n) is 6.17. The summed E-state index contributed by atoms with van der Waals surface area (Å²) in [6.45, 7) is 3.89. The van der Waals surface area contributed by atoms with E-state index in [0.29, 0.717) is 33.2 Å². The molecule has 0 aliphatic carbocycles. The molecule has 0 fully saturated rings. The third kappa shape index (κ3) is 8.63. The molecule has 0 aliphatic heterocycles. The zero-order chi connectivity index (χ0) is 32.7. The van der Waals surface area contributed by atoms with Crippen LogP contribution in [-0.4, -0.2) is 73.3 Å². The molecule has 238 valence electrons. The number of halogens is 2. The molecular formula is C31H31BBr2N6O6. The van der Waals surface area contributed by atoms with Crippen molar-refractivity contribution in [1.82, 2.24) is 29.9 Å². The number of nitrogens with zero attached hydrogens (tertiary/aromatic N) is 5. The molecule has 0 saturated carbocycles. The second kappa shape index (κ2) is 16.2. The molecule has 6 rings (SSSR count). The highest BCUT2D eigenvalue weighted by atomic mass is 79.9. The van der Waals surface area contributed by atoms with E-state index in [1.54, 1.807) is 47.4 Å². The summed E-state index contributed by atoms with van der Waals surface area (Å²) in [5, 5.41) is 29.8. The number of fused-ring (bicyclic) bond motifs is 2. The molecule has 4 aromatic heterocycles. The number of hydrogen-bond acceptors (Lipinski definition) is 10. The Labute approximate surface area is 282 Å². The molecule has 2 aromatic carbocycles. The van der Waals surface area contributed by atoms with Gasteiger partial charge in [-0.25, -0.2) is 24.2 Å². The van der Waals surface area contributed by atoms with Crippen molar-refractivity contribution in [2.24, 2.45) is 0 Å². The van der Waals surface area contributed by atoms with Gasteiger partial charge in [-0.05, 0) is 79.5 Å². The Bertz CT molecular complexity index is 1940. The van der Waals surface area contributed by atoms with Crippen LogP contribution in [-0.2, 0) is 9.47 Å². The van der Waals surface area contributed by atoms with E-state index in [2.05, 4.69) is 61.9 Å². The van der Waals surface area contributed by atoms with Crippen LogP contribution in [0.3, 0.4) is 0 Å². The Morgan fingerprint density at radius 1 is 0.848 bits per heavy atom. The number of aromatic amines is 1. The molecule has 15 heteroatoms. The number of carbonyl (C=O) groups excluding carboxylic acids is 2. The summed E-state index contributed by atoms with van der Waals surface area (Å²) >= 11 is 6.73. The van der Waals surface area contributed by atoms with E-state index in [1.807, 2.05) is 44.2 Å². The average molecular weight is 754 g/mol. The number of aromatic nitrogens is 6. The molecule has 0 amide bonds. The predicted molar refractivity (Wildman–Crippen MR) is 183 cm³/mol. The number of ether oxygens (including phenoxy) is 2. The number of benzene rings is 2. The van der Waals surface area contributed by atoms with Crippen LogP contribution in [0.15, 0.2) is 82.0 Å². The first-order valence-electron chi connectivity index (χ1n) is 13.2. The maximum Gasteiger partial charge on any atom is 0.488 e. The standard InChI is InChI=1S/C15H12BrN3O2.C8H7N3O2.C7H8BBrO2.CH4/c1-9-6-10(16)8-11(7-9)19-14-12(4-3-5-17-14)13(18-19)15(20)21-2;1-13-8(12)6-5-3-2-4-9-7(5)11-10-6;1-5-2-6(8(10)11)4-7(9)3-5;/h3-8H,1-2H3;2-4H,1H3,(H,9,10,11);2-4,10-11H,1H3;1H4. The van der Waals surface area contributed by atoms with E-state index in [0.717, 1.165) is 25.8 Å². The summed E-state index contributed by atoms with van der Waals surface area (Å²) < 4.78 is 12.8. The molecule has 4 heterocycles. The van der Waals surface area contributed by atoms with Gasteiger partial charge in [-0.15, -0.1) is 0 Å². The molecular weight excluding hydrogens is 723 g/mol. The third-order valence-corrected chi connectivity index (χ3v) is 7.09. The molecule has 0 bridgehead atoms. The van der Waals surface area contributed by atoms with Gasteiger partial charge in [-0.1, -0.05) is 50.9 Å². The monoisotopic (exact) mass is 752 g/mol. The summed E-state index contributed by atoms with van der Waals surface area (Å²) in [7, 11) is 1.28. The minimum absolute atomic E-state index is 0. The lowest BCUT2D eigenvalue weighted by molar-refractivity contribution is 0.0587. The quantitative estimate of drug-likeness (QED) is 0.163. The predicted octanol–water partition coefficient (Wildman–Crippen LogP) is 5.10. The van der Waals surface area contributed by atoms with Crippen molar-refractivity contribution in [2.45, 2.75) is 21.3 Å². The summed E-state index contributed by atoms with van der Waals surface area (Å²) in [5.74, 6) is -0.908. The van der Waals surface area contributed by atoms with Crippen molar-refractivity contribution < 1.29 is 29.1 Å². The van der Waals surface area contributed by atoms with E-state index in [-0.39, 0.29) is 13.1 Å². The number of rotatable bonds is 4. The number of esters is 2. The highest BCUT2D eigenvalue weighted by molar-refractivity contribution is 9.10. The molecule has 0 saturated heterocycles. The van der Waals surface area contributed by atoms with Gasteiger partial charge in [0.05, 0.1) is 30.7 Å². The number of H-pyrrole nitrogens is 1. The second-order valence-corrected chi connectivity index (χ2v) is 11.3. The molecule has 46 heavy (non-hydrogen) atoms. The zero-order valence-electron chi connectivity index (χ0n) is 24.5. The Kier molecular flexibility index (Phi) is 12.7. The number of methoxy groups -OCH3 is 2. The van der Waals surface area contributed by atoms with Crippen LogP contribution in [0.5, 0.6) is 0 Å². The minimum atomic E-state index is -1.38. The molecule has 3 N–H and O–H groups in total. The molecule has 0 radical (unpaired) electrons. The smallest absolute Gasteiger partial charge is 0.464 e. The Morgan fingerprint density at radius 3 is 2.07 bits per heavy atom. The lowest BCUT2D eigenvalue weighted by Crippen LogP contribution is -2.29. The van der Waals surface area contributed by atoms with Crippen molar-refractivity contribution in [3.05, 3.63) is 105 Å². The van der Waals surface area contributed by atoms with Crippen molar-refractivity contribution in [1.29, 1.82) is 0 Å². The molecule has 12 nitrogen and oxygen atoms in total. The Balaban J connectivity index is 0.000000199. The molecule has 0 aliphatic rings. The van der Waals surface area contributed by atoms with Gasteiger partial charge in [0.1, 0.15) is 0 Å². The lowest BCUT2D eigenvalue weighted by Gasteiger charge is -2.05. The fourth-order valence-electron chi connectivity index (χ4n) is 4.24. The average Bonchev–Trinajstić information content (AvgIpc) is 3.62. The maximum absolute atomic E-state index is 11.9. The number of aryl methyl sites for hydroxylation is 2. The zero-order valence-corrected chi connectivity index (χ0v) is 27.7. The normalized spacial score (nSPS) is 10.2. The molecule has 0 unspecified atom stereocenters. The highest BCUT2D eigenvalue weighted by Gasteiger charge is 2.19. The summed E-state index contributed by atoms with van der Waals surface area (Å²) in [4.78, 5) is 31.3. The largest absolute Gasteiger partial charge is 0.488 e. The number of pyridine rings is 2. The first kappa shape index (κ1) is 36.0. The van der Waals surface area contributed by atoms with Crippen molar-refractivity contribution >= 4 is 78.4 Å². The van der Waals surface area contributed by atoms with Gasteiger partial charge in [0.15, 0.2) is 22.7 Å². The van der Waals surface area contributed by atoms with Gasteiger partial charge in [0.25, 0.3) is 0 Å². The van der Waals surface area contributed by atoms with Crippen LogP contribution in [0.2, 0.25) is 0 Å². The summed E-state index contributed by atoms with van der Waals surface area (Å²) in [5.41, 5.74) is 5.17. The van der Waals surface area contributed by atoms with E-state index >= 15 is 0 Å². The van der Waals surface area contributed by atoms with Gasteiger partial charge in [-0.2, -0.15) is 10.2 Å². The Morgan fingerprint density at radius 2 is 1.46 bits per heavy atom. The van der Waals surface area contributed by atoms with Crippen molar-refractivity contribution in [3.63, 3.8) is 0 Å². The van der Waals surface area contributed by atoms with Gasteiger partial charge in [-0.3, -0.25) is 5.10 Å². The van der Waals surface area contributed by atoms with Crippen molar-refractivity contribution in [2.75, 3.05) is 14.2 Å². The van der Waals surface area contributed by atoms with Gasteiger partial charge >= 0.3 is 19.1 Å². The van der Waals surface area contributed by atoms with Crippen LogP contribution in [0.1, 0.15) is 39.5 Å². The molecule has 0 spiro atoms. The SMILES string of the molecule is C.COC(=O)c1[nH]nc2ncccc12.COC(=O)c1nn(-c2cc(C)cc(Br)c2)c2ncccc12.Cc1cc(Br)cc(B(O)O)c1.